The number of nitrogens with zero attached hydrogens (tertiary/aromatic N) is 2. The quantitative estimate of drug-likeness (QED) is 0.402. The Morgan fingerprint density at radius 1 is 1.07 bits per heavy atom. The summed E-state index contributed by atoms with van der Waals surface area (Å²) >= 11 is 0. The third-order valence-corrected chi connectivity index (χ3v) is 4.59. The number of nitrogens with one attached hydrogen (secondary N) is 1. The number of amides is 1. The predicted octanol–water partition coefficient (Wildman–Crippen LogP) is 4.32. The van der Waals surface area contributed by atoms with Crippen LogP contribution in [0, 0.1) is 17.0 Å². The molecule has 0 atom stereocenters. The van der Waals surface area contributed by atoms with E-state index in [2.05, 4.69) is 10.3 Å². The number of hydrogen-bond donors (Lipinski definition) is 1. The fourth-order valence-corrected chi connectivity index (χ4v) is 2.99. The van der Waals surface area contributed by atoms with Crippen LogP contribution >= 0.6 is 0 Å². The van der Waals surface area contributed by atoms with Gasteiger partial charge in [0.05, 0.1) is 15.8 Å². The first-order valence-corrected chi connectivity index (χ1v) is 8.99. The summed E-state index contributed by atoms with van der Waals surface area (Å²) in [5.41, 5.74) is 1.65. The van der Waals surface area contributed by atoms with E-state index in [9.17, 15) is 19.7 Å². The summed E-state index contributed by atoms with van der Waals surface area (Å²) in [5.74, 6) is -0.299. The van der Waals surface area contributed by atoms with Gasteiger partial charge in [-0.15, -0.1) is 0 Å². The Bertz CT molecular complexity index is 1340. The molecule has 148 valence electrons. The molecule has 0 spiro atoms. The van der Waals surface area contributed by atoms with Gasteiger partial charge in [0.25, 0.3) is 11.6 Å². The first kappa shape index (κ1) is 19.0. The average Bonchev–Trinajstić information content (AvgIpc) is 2.74. The molecular weight excluding hydrogens is 386 g/mol. The maximum absolute atomic E-state index is 12.4. The number of hydrogen-bond acceptors (Lipinski definition) is 6. The highest BCUT2D eigenvalue weighted by atomic mass is 16.6. The van der Waals surface area contributed by atoms with Crippen LogP contribution < -0.4 is 10.9 Å². The maximum atomic E-state index is 12.4. The Morgan fingerprint density at radius 2 is 1.80 bits per heavy atom. The van der Waals surface area contributed by atoms with Crippen molar-refractivity contribution in [2.75, 3.05) is 5.32 Å². The Hall–Kier alpha value is -4.33. The van der Waals surface area contributed by atoms with Gasteiger partial charge in [0.2, 0.25) is 5.89 Å². The van der Waals surface area contributed by atoms with Crippen molar-refractivity contribution in [1.29, 1.82) is 0 Å². The number of rotatable bonds is 4. The van der Waals surface area contributed by atoms with E-state index in [1.54, 1.807) is 55.5 Å². The normalized spacial score (nSPS) is 10.7. The smallest absolute Gasteiger partial charge is 0.347 e. The van der Waals surface area contributed by atoms with Crippen molar-refractivity contribution in [3.05, 3.63) is 98.4 Å². The summed E-state index contributed by atoms with van der Waals surface area (Å²) in [6.45, 7) is 1.61. The summed E-state index contributed by atoms with van der Waals surface area (Å²) in [4.78, 5) is 39.5. The third-order valence-electron chi connectivity index (χ3n) is 4.59. The molecular formula is C22H15N3O5. The second-order valence-corrected chi connectivity index (χ2v) is 6.61. The van der Waals surface area contributed by atoms with Crippen molar-refractivity contribution >= 4 is 28.2 Å². The summed E-state index contributed by atoms with van der Waals surface area (Å²) in [5, 5.41) is 14.2. The zero-order valence-corrected chi connectivity index (χ0v) is 15.8. The Kier molecular flexibility index (Phi) is 4.81. The first-order valence-electron chi connectivity index (χ1n) is 8.99. The topological polar surface area (TPSA) is 115 Å². The number of carbonyl (C=O) groups excluding carboxylic acids is 1. The number of para-hydroxylation sites is 1. The molecule has 1 amide bonds. The molecule has 1 aromatic heterocycles. The van der Waals surface area contributed by atoms with Gasteiger partial charge in [-0.25, -0.2) is 9.78 Å². The van der Waals surface area contributed by atoms with Crippen LogP contribution in [0.15, 0.2) is 75.9 Å². The molecule has 0 saturated heterocycles. The van der Waals surface area contributed by atoms with Crippen molar-refractivity contribution < 1.29 is 14.1 Å². The fraction of sp³-hybridized carbons (Fsp3) is 0.0455. The van der Waals surface area contributed by atoms with Gasteiger partial charge in [-0.3, -0.25) is 14.9 Å². The lowest BCUT2D eigenvalue weighted by atomic mass is 10.1. The van der Waals surface area contributed by atoms with Crippen molar-refractivity contribution in [3.8, 4) is 11.5 Å². The predicted molar refractivity (Wildman–Crippen MR) is 112 cm³/mol. The van der Waals surface area contributed by atoms with Gasteiger partial charge in [-0.1, -0.05) is 18.2 Å². The lowest BCUT2D eigenvalue weighted by Crippen LogP contribution is -2.12. The second kappa shape index (κ2) is 7.59. The van der Waals surface area contributed by atoms with Crippen LogP contribution in [0.3, 0.4) is 0 Å². The number of nitro groups is 1. The van der Waals surface area contributed by atoms with E-state index in [-0.39, 0.29) is 17.1 Å². The van der Waals surface area contributed by atoms with Crippen LogP contribution in [-0.2, 0) is 0 Å². The molecule has 0 saturated carbocycles. The van der Waals surface area contributed by atoms with E-state index < -0.39 is 16.5 Å². The molecule has 0 bridgehead atoms. The molecule has 1 N–H and O–H groups in total. The number of fused-ring (bicyclic) bond motifs is 1. The van der Waals surface area contributed by atoms with Gasteiger partial charge in [0.1, 0.15) is 0 Å². The van der Waals surface area contributed by atoms with Crippen LogP contribution in [0.5, 0.6) is 0 Å². The monoisotopic (exact) mass is 401 g/mol. The minimum Gasteiger partial charge on any atom is -0.403 e. The summed E-state index contributed by atoms with van der Waals surface area (Å²) in [6, 6.07) is 17.8. The van der Waals surface area contributed by atoms with Crippen molar-refractivity contribution in [1.82, 2.24) is 4.98 Å². The van der Waals surface area contributed by atoms with Crippen LogP contribution in [0.1, 0.15) is 15.9 Å². The molecule has 0 radical (unpaired) electrons. The van der Waals surface area contributed by atoms with Gasteiger partial charge in [0.15, 0.2) is 0 Å². The van der Waals surface area contributed by atoms with Crippen molar-refractivity contribution in [2.24, 2.45) is 0 Å². The van der Waals surface area contributed by atoms with Crippen molar-refractivity contribution in [3.63, 3.8) is 0 Å². The number of anilines is 1. The molecule has 1 heterocycles. The highest BCUT2D eigenvalue weighted by molar-refractivity contribution is 6.04. The van der Waals surface area contributed by atoms with E-state index in [0.717, 1.165) is 0 Å². The van der Waals surface area contributed by atoms with Crippen LogP contribution in [0.4, 0.5) is 11.4 Å². The Morgan fingerprint density at radius 3 is 2.53 bits per heavy atom. The Balaban J connectivity index is 1.57. The standard InChI is InChI=1S/C22H15N3O5/c1-13-6-7-15(12-19(13)25(28)29)20(26)23-16-10-8-14(9-11-16)21-24-18-5-3-2-4-17(18)22(27)30-21/h2-12H,1H3,(H,23,26). The van der Waals surface area contributed by atoms with Crippen LogP contribution in [0.2, 0.25) is 0 Å². The highest BCUT2D eigenvalue weighted by Crippen LogP contribution is 2.23. The molecule has 8 nitrogen and oxygen atoms in total. The molecule has 3 aromatic carbocycles. The van der Waals surface area contributed by atoms with E-state index in [0.29, 0.717) is 27.7 Å². The van der Waals surface area contributed by atoms with E-state index >= 15 is 0 Å². The van der Waals surface area contributed by atoms with Crippen molar-refractivity contribution in [2.45, 2.75) is 6.92 Å². The number of benzene rings is 3. The molecule has 4 aromatic rings. The van der Waals surface area contributed by atoms with Gasteiger partial charge in [-0.05, 0) is 49.4 Å². The van der Waals surface area contributed by atoms with E-state index in [4.69, 9.17) is 4.42 Å². The SMILES string of the molecule is Cc1ccc(C(=O)Nc2ccc(-c3nc4ccccc4c(=O)o3)cc2)cc1[N+](=O)[O-]. The maximum Gasteiger partial charge on any atom is 0.347 e. The summed E-state index contributed by atoms with van der Waals surface area (Å²) in [6.07, 6.45) is 0. The molecule has 4 rings (SSSR count). The molecule has 0 aliphatic rings. The van der Waals surface area contributed by atoms with Crippen LogP contribution in [-0.4, -0.2) is 15.8 Å². The number of aromatic nitrogens is 1. The Labute approximate surface area is 170 Å². The minimum absolute atomic E-state index is 0.115. The van der Waals surface area contributed by atoms with Gasteiger partial charge in [0, 0.05) is 28.4 Å². The molecule has 0 fully saturated rings. The summed E-state index contributed by atoms with van der Waals surface area (Å²) < 4.78 is 5.30. The highest BCUT2D eigenvalue weighted by Gasteiger charge is 2.15. The second-order valence-electron chi connectivity index (χ2n) is 6.61. The number of aryl methyl sites for hydroxylation is 1. The summed E-state index contributed by atoms with van der Waals surface area (Å²) in [7, 11) is 0. The first-order chi connectivity index (χ1) is 14.4. The third kappa shape index (κ3) is 3.66. The number of nitro benzene ring substituents is 1. The fourth-order valence-electron chi connectivity index (χ4n) is 2.99. The zero-order valence-electron chi connectivity index (χ0n) is 15.8. The van der Waals surface area contributed by atoms with Gasteiger partial charge >= 0.3 is 5.63 Å². The number of carbonyl (C=O) groups is 1. The molecule has 0 unspecified atom stereocenters. The lowest BCUT2D eigenvalue weighted by Gasteiger charge is -2.07. The van der Waals surface area contributed by atoms with Gasteiger partial charge < -0.3 is 9.73 Å². The molecule has 30 heavy (non-hydrogen) atoms. The van der Waals surface area contributed by atoms with E-state index in [1.165, 1.54) is 18.2 Å². The molecule has 0 aliphatic heterocycles. The van der Waals surface area contributed by atoms with Gasteiger partial charge in [-0.2, -0.15) is 0 Å². The van der Waals surface area contributed by atoms with E-state index in [1.807, 2.05) is 0 Å². The molecule has 0 aliphatic carbocycles. The minimum atomic E-state index is -0.523. The zero-order chi connectivity index (χ0) is 21.3. The van der Waals surface area contributed by atoms with Crippen LogP contribution in [0.25, 0.3) is 22.4 Å². The molecule has 8 heteroatoms. The largest absolute Gasteiger partial charge is 0.403 e. The lowest BCUT2D eigenvalue weighted by molar-refractivity contribution is -0.385. The average molecular weight is 401 g/mol.